The number of rotatable bonds is 14. The molecule has 0 bridgehead atoms. The van der Waals surface area contributed by atoms with Crippen molar-refractivity contribution >= 4 is 27.4 Å². The lowest BCUT2D eigenvalue weighted by atomic mass is 9.57. The number of carbonyl (C=O) groups is 2. The second-order valence-corrected chi connectivity index (χ2v) is 18.1. The second-order valence-electron chi connectivity index (χ2n) is 15.9. The fourth-order valence-electron chi connectivity index (χ4n) is 10.1. The average molecular weight is 760 g/mol. The van der Waals surface area contributed by atoms with E-state index >= 15 is 4.39 Å². The molecule has 12 heteroatoms. The maximum absolute atomic E-state index is 15.2. The monoisotopic (exact) mass is 759 g/mol. The number of imidazole rings is 1. The molecule has 2 aromatic carbocycles. The first-order valence-electron chi connectivity index (χ1n) is 19.6. The van der Waals surface area contributed by atoms with Crippen LogP contribution in [0.3, 0.4) is 0 Å². The third-order valence-corrected chi connectivity index (χ3v) is 15.1. The molecule has 3 atom stereocenters. The van der Waals surface area contributed by atoms with E-state index in [1.54, 1.807) is 18.2 Å². The van der Waals surface area contributed by atoms with E-state index in [4.69, 9.17) is 4.74 Å². The fourth-order valence-corrected chi connectivity index (χ4v) is 11.7. The molecule has 3 saturated heterocycles. The summed E-state index contributed by atoms with van der Waals surface area (Å²) in [6, 6.07) is 14.4. The van der Waals surface area contributed by atoms with Crippen molar-refractivity contribution in [1.82, 2.24) is 19.4 Å². The van der Waals surface area contributed by atoms with Gasteiger partial charge in [0.1, 0.15) is 16.9 Å². The SMILES string of the molecule is C=CC(=O)N1CC(S(=O)(=O)c2ccc(N3CC(CN4CCC([C@@](Cn5ccnc5CC)(c5cccc(F)c5)[C@H]5CCC[C@@H]5CC(=O)OC)CC4)C3)cc2)C1. The van der Waals surface area contributed by atoms with Crippen LogP contribution in [-0.4, -0.2) is 97.8 Å². The Balaban J connectivity index is 1.02. The number of nitrogens with zero attached hydrogens (tertiary/aromatic N) is 5. The van der Waals surface area contributed by atoms with Gasteiger partial charge in [0.2, 0.25) is 5.91 Å². The summed E-state index contributed by atoms with van der Waals surface area (Å²) < 4.78 is 48.9. The van der Waals surface area contributed by atoms with Crippen LogP contribution in [0.5, 0.6) is 0 Å². The molecular formula is C42H54FN5O5S. The summed E-state index contributed by atoms with van der Waals surface area (Å²) in [4.78, 5) is 35.8. The van der Waals surface area contributed by atoms with Gasteiger partial charge in [-0.2, -0.15) is 0 Å². The van der Waals surface area contributed by atoms with E-state index in [0.717, 1.165) is 88.3 Å². The number of ether oxygens (including phenoxy) is 1. The molecule has 1 aliphatic carbocycles. The van der Waals surface area contributed by atoms with E-state index in [-0.39, 0.29) is 48.0 Å². The van der Waals surface area contributed by atoms with Gasteiger partial charge in [0.15, 0.2) is 9.84 Å². The Kier molecular flexibility index (Phi) is 11.3. The number of benzene rings is 2. The molecule has 3 aliphatic heterocycles. The number of halogens is 1. The Morgan fingerprint density at radius 3 is 2.44 bits per heavy atom. The van der Waals surface area contributed by atoms with E-state index < -0.39 is 15.1 Å². The van der Waals surface area contributed by atoms with Crippen LogP contribution in [0.4, 0.5) is 10.1 Å². The molecular weight excluding hydrogens is 706 g/mol. The summed E-state index contributed by atoms with van der Waals surface area (Å²) in [5.74, 6) is 1.56. The number of hydrogen-bond donors (Lipinski definition) is 0. The molecule has 3 aromatic rings. The highest BCUT2D eigenvalue weighted by atomic mass is 32.2. The quantitative estimate of drug-likeness (QED) is 0.157. The first kappa shape index (κ1) is 38.3. The molecule has 0 N–H and O–H groups in total. The third kappa shape index (κ3) is 7.48. The summed E-state index contributed by atoms with van der Waals surface area (Å²) in [6.45, 7) is 11.5. The van der Waals surface area contributed by atoms with Crippen LogP contribution in [0.2, 0.25) is 0 Å². The van der Waals surface area contributed by atoms with Crippen molar-refractivity contribution in [3.05, 3.63) is 90.8 Å². The normalized spacial score (nSPS) is 22.7. The Morgan fingerprint density at radius 1 is 1.04 bits per heavy atom. The third-order valence-electron chi connectivity index (χ3n) is 13.0. The number of likely N-dealkylation sites (tertiary alicyclic amines) is 2. The number of aromatic nitrogens is 2. The standard InChI is InChI=1S/C42H54FN5O5S/c1-4-39-44-18-21-46(39)29-42(33-9-7-10-34(43)23-33,38-11-6-8-31(38)22-41(50)53-3)32-16-19-45(20-17-32)24-30-25-47(26-30)35-12-14-36(15-13-35)54(51,52)37-27-48(28-37)40(49)5-2/h5,7,9-10,12-15,18,21,23,30-32,37-38H,2,4,6,8,11,16-17,19-20,22,24-29H2,1,3H3/t31-,38+,42+/m1/s1. The highest BCUT2D eigenvalue weighted by Crippen LogP contribution is 2.54. The first-order valence-corrected chi connectivity index (χ1v) is 21.2. The molecule has 1 amide bonds. The van der Waals surface area contributed by atoms with Crippen LogP contribution in [0.15, 0.2) is 78.5 Å². The molecule has 1 saturated carbocycles. The predicted molar refractivity (Wildman–Crippen MR) is 206 cm³/mol. The van der Waals surface area contributed by atoms with Gasteiger partial charge in [0.05, 0.1) is 12.0 Å². The minimum atomic E-state index is -3.50. The summed E-state index contributed by atoms with van der Waals surface area (Å²) >= 11 is 0. The van der Waals surface area contributed by atoms with Gasteiger partial charge in [-0.3, -0.25) is 9.59 Å². The molecule has 0 spiro atoms. The van der Waals surface area contributed by atoms with Crippen LogP contribution in [0.25, 0.3) is 0 Å². The smallest absolute Gasteiger partial charge is 0.305 e. The molecule has 290 valence electrons. The molecule has 4 heterocycles. The largest absolute Gasteiger partial charge is 0.469 e. The average Bonchev–Trinajstić information content (AvgIpc) is 3.80. The fraction of sp³-hybridized carbons (Fsp3) is 0.548. The number of amides is 1. The van der Waals surface area contributed by atoms with Crippen LogP contribution < -0.4 is 4.90 Å². The van der Waals surface area contributed by atoms with Gasteiger partial charge in [-0.1, -0.05) is 32.1 Å². The van der Waals surface area contributed by atoms with E-state index in [9.17, 15) is 18.0 Å². The zero-order valence-electron chi connectivity index (χ0n) is 31.6. The molecule has 0 radical (unpaired) electrons. The van der Waals surface area contributed by atoms with Gasteiger partial charge < -0.3 is 24.0 Å². The van der Waals surface area contributed by atoms with Gasteiger partial charge in [-0.25, -0.2) is 17.8 Å². The molecule has 4 aliphatic rings. The minimum Gasteiger partial charge on any atom is -0.469 e. The Labute approximate surface area is 319 Å². The van der Waals surface area contributed by atoms with E-state index in [1.165, 1.54) is 24.2 Å². The molecule has 4 fully saturated rings. The van der Waals surface area contributed by atoms with Crippen molar-refractivity contribution in [3.8, 4) is 0 Å². The maximum atomic E-state index is 15.2. The summed E-state index contributed by atoms with van der Waals surface area (Å²) in [5.41, 5.74) is 1.68. The maximum Gasteiger partial charge on any atom is 0.305 e. The zero-order valence-corrected chi connectivity index (χ0v) is 32.4. The van der Waals surface area contributed by atoms with Crippen molar-refractivity contribution in [2.24, 2.45) is 23.7 Å². The number of piperidine rings is 1. The summed E-state index contributed by atoms with van der Waals surface area (Å²) in [5, 5.41) is -0.581. The number of sulfone groups is 1. The van der Waals surface area contributed by atoms with Gasteiger partial charge in [0.25, 0.3) is 0 Å². The number of methoxy groups -OCH3 is 1. The van der Waals surface area contributed by atoms with Crippen LogP contribution >= 0.6 is 0 Å². The molecule has 1 aromatic heterocycles. The van der Waals surface area contributed by atoms with Crippen LogP contribution in [0, 0.1) is 29.5 Å². The van der Waals surface area contributed by atoms with Gasteiger partial charge in [0, 0.05) is 81.5 Å². The zero-order chi connectivity index (χ0) is 38.0. The van der Waals surface area contributed by atoms with Crippen molar-refractivity contribution in [3.63, 3.8) is 0 Å². The first-order chi connectivity index (χ1) is 26.0. The summed E-state index contributed by atoms with van der Waals surface area (Å²) in [6.07, 6.45) is 11.3. The molecule has 0 unspecified atom stereocenters. The summed E-state index contributed by atoms with van der Waals surface area (Å²) in [7, 11) is -2.04. The van der Waals surface area contributed by atoms with E-state index in [2.05, 4.69) is 45.1 Å². The van der Waals surface area contributed by atoms with Gasteiger partial charge >= 0.3 is 5.97 Å². The number of carbonyl (C=O) groups excluding carboxylic acids is 2. The lowest BCUT2D eigenvalue weighted by Gasteiger charge is -2.51. The highest BCUT2D eigenvalue weighted by Gasteiger charge is 2.52. The van der Waals surface area contributed by atoms with Crippen LogP contribution in [0.1, 0.15) is 56.8 Å². The second kappa shape index (κ2) is 16.0. The number of esters is 1. The topological polar surface area (TPSA) is 105 Å². The Bertz CT molecular complexity index is 1910. The number of anilines is 1. The molecule has 7 rings (SSSR count). The predicted octanol–water partition coefficient (Wildman–Crippen LogP) is 5.52. The number of aryl methyl sites for hydroxylation is 1. The van der Waals surface area contributed by atoms with Crippen LogP contribution in [-0.2, 0) is 42.5 Å². The van der Waals surface area contributed by atoms with E-state index in [0.29, 0.717) is 29.7 Å². The Morgan fingerprint density at radius 2 is 1.78 bits per heavy atom. The van der Waals surface area contributed by atoms with Gasteiger partial charge in [-0.05, 0) is 105 Å². The van der Waals surface area contributed by atoms with E-state index in [1.807, 2.05) is 24.4 Å². The minimum absolute atomic E-state index is 0.166. The van der Waals surface area contributed by atoms with Crippen molar-refractivity contribution < 1.29 is 27.1 Å². The lowest BCUT2D eigenvalue weighted by Crippen LogP contribution is -2.56. The highest BCUT2D eigenvalue weighted by molar-refractivity contribution is 7.92. The molecule has 54 heavy (non-hydrogen) atoms. The number of hydrogen-bond acceptors (Lipinski definition) is 8. The van der Waals surface area contributed by atoms with Gasteiger partial charge in [-0.15, -0.1) is 0 Å². The van der Waals surface area contributed by atoms with Crippen molar-refractivity contribution in [2.75, 3.05) is 57.8 Å². The van der Waals surface area contributed by atoms with Crippen molar-refractivity contribution in [2.45, 2.75) is 74.0 Å². The lowest BCUT2D eigenvalue weighted by molar-refractivity contribution is -0.142. The molecule has 10 nitrogen and oxygen atoms in total. The van der Waals surface area contributed by atoms with Crippen molar-refractivity contribution in [1.29, 1.82) is 0 Å². The Hall–Kier alpha value is -4.03.